The Balaban J connectivity index is 2.33. The van der Waals surface area contributed by atoms with Crippen LogP contribution in [0, 0.1) is 11.3 Å². The molecule has 0 bridgehead atoms. The largest absolute Gasteiger partial charge is 0.466 e. The summed E-state index contributed by atoms with van der Waals surface area (Å²) < 4.78 is 9.84. The Bertz CT molecular complexity index is 660. The lowest BCUT2D eigenvalue weighted by Crippen LogP contribution is -2.44. The molecule has 1 aliphatic heterocycles. The first-order valence-electron chi connectivity index (χ1n) is 6.45. The van der Waals surface area contributed by atoms with E-state index in [9.17, 15) is 10.1 Å². The molecule has 0 atom stereocenters. The Labute approximate surface area is 123 Å². The molecule has 6 heteroatoms. The number of imidazole rings is 1. The van der Waals surface area contributed by atoms with Crippen molar-refractivity contribution in [3.8, 4) is 6.07 Å². The summed E-state index contributed by atoms with van der Waals surface area (Å²) in [5.74, 6) is 0.263. The fraction of sp³-hybridized carbons (Fsp3) is 0.400. The first-order valence-corrected chi connectivity index (χ1v) is 6.45. The van der Waals surface area contributed by atoms with Crippen molar-refractivity contribution in [1.29, 1.82) is 5.26 Å². The van der Waals surface area contributed by atoms with Gasteiger partial charge in [0.05, 0.1) is 31.4 Å². The van der Waals surface area contributed by atoms with E-state index in [4.69, 9.17) is 4.74 Å². The van der Waals surface area contributed by atoms with E-state index < -0.39 is 5.97 Å². The monoisotopic (exact) mass is 287 g/mol. The summed E-state index contributed by atoms with van der Waals surface area (Å²) >= 11 is 0. The smallest absolute Gasteiger partial charge is 0.333 e. The maximum atomic E-state index is 11.4. The van der Waals surface area contributed by atoms with Gasteiger partial charge in [0.15, 0.2) is 5.69 Å². The van der Waals surface area contributed by atoms with Crippen LogP contribution in [-0.2, 0) is 19.7 Å². The number of H-pyrrole nitrogens is 1. The van der Waals surface area contributed by atoms with Gasteiger partial charge in [0.1, 0.15) is 11.9 Å². The molecular formula is C15H17N3O3. The van der Waals surface area contributed by atoms with Crippen LogP contribution in [0.3, 0.4) is 0 Å². The molecule has 1 fully saturated rings. The molecule has 0 saturated carbocycles. The van der Waals surface area contributed by atoms with Gasteiger partial charge in [-0.05, 0) is 25.5 Å². The van der Waals surface area contributed by atoms with Crippen LogP contribution in [0.5, 0.6) is 0 Å². The zero-order chi connectivity index (χ0) is 15.6. The molecular weight excluding hydrogens is 270 g/mol. The number of aromatic amines is 1. The Hall–Kier alpha value is -2.39. The summed E-state index contributed by atoms with van der Waals surface area (Å²) in [4.78, 5) is 18.9. The first kappa shape index (κ1) is 15.0. The number of hydrogen-bond donors (Lipinski definition) is 1. The molecule has 1 aliphatic rings. The number of hydrogen-bond acceptors (Lipinski definition) is 5. The number of allylic oxidation sites excluding steroid dienone is 2. The molecule has 0 spiro atoms. The van der Waals surface area contributed by atoms with Crippen molar-refractivity contribution in [3.63, 3.8) is 0 Å². The van der Waals surface area contributed by atoms with E-state index in [2.05, 4.69) is 21.3 Å². The summed E-state index contributed by atoms with van der Waals surface area (Å²) in [6.45, 7) is 8.66. The third-order valence-electron chi connectivity index (χ3n) is 3.44. The molecule has 1 aromatic rings. The molecule has 0 aliphatic carbocycles. The number of nitrogens with zero attached hydrogens (tertiary/aromatic N) is 2. The number of nitriles is 1. The zero-order valence-corrected chi connectivity index (χ0v) is 12.3. The van der Waals surface area contributed by atoms with Crippen molar-refractivity contribution in [1.82, 2.24) is 9.97 Å². The summed E-state index contributed by atoms with van der Waals surface area (Å²) in [7, 11) is 1.31. The maximum Gasteiger partial charge on any atom is 0.333 e. The van der Waals surface area contributed by atoms with Gasteiger partial charge in [0.2, 0.25) is 0 Å². The second kappa shape index (κ2) is 5.54. The number of rotatable bonds is 4. The maximum absolute atomic E-state index is 11.4. The van der Waals surface area contributed by atoms with Gasteiger partial charge in [-0.25, -0.2) is 9.78 Å². The highest BCUT2D eigenvalue weighted by atomic mass is 16.5. The van der Waals surface area contributed by atoms with E-state index in [1.54, 1.807) is 13.0 Å². The number of ether oxygens (including phenoxy) is 2. The minimum Gasteiger partial charge on any atom is -0.466 e. The Kier molecular flexibility index (Phi) is 3.96. The summed E-state index contributed by atoms with van der Waals surface area (Å²) in [6, 6.07) is 2.04. The van der Waals surface area contributed by atoms with Gasteiger partial charge in [0.25, 0.3) is 0 Å². The third kappa shape index (κ3) is 2.73. The number of carbonyl (C=O) groups excluding carboxylic acids is 1. The predicted molar refractivity (Wildman–Crippen MR) is 76.3 cm³/mol. The second-order valence-electron chi connectivity index (χ2n) is 5.32. The molecule has 0 aromatic carbocycles. The fourth-order valence-corrected chi connectivity index (χ4v) is 2.07. The molecule has 0 unspecified atom stereocenters. The molecule has 110 valence electrons. The highest BCUT2D eigenvalue weighted by Gasteiger charge is 2.39. The zero-order valence-electron chi connectivity index (χ0n) is 12.3. The van der Waals surface area contributed by atoms with Crippen LogP contribution in [0.15, 0.2) is 18.2 Å². The van der Waals surface area contributed by atoms with Crippen LogP contribution in [-0.4, -0.2) is 36.3 Å². The lowest BCUT2D eigenvalue weighted by atomic mass is 9.88. The van der Waals surface area contributed by atoms with Crippen molar-refractivity contribution < 1.29 is 14.3 Å². The van der Waals surface area contributed by atoms with Crippen LogP contribution in [0.25, 0.3) is 5.57 Å². The van der Waals surface area contributed by atoms with Crippen molar-refractivity contribution >= 4 is 11.5 Å². The van der Waals surface area contributed by atoms with Crippen molar-refractivity contribution in [3.05, 3.63) is 35.4 Å². The van der Waals surface area contributed by atoms with Crippen molar-refractivity contribution in [2.75, 3.05) is 20.3 Å². The van der Waals surface area contributed by atoms with Crippen LogP contribution < -0.4 is 0 Å². The Morgan fingerprint density at radius 1 is 1.62 bits per heavy atom. The van der Waals surface area contributed by atoms with Crippen molar-refractivity contribution in [2.24, 2.45) is 0 Å². The number of methoxy groups -OCH3 is 1. The standard InChI is InChI=1S/C15H17N3O3/c1-9(5-10(2)13(19)20-4)12-11(6-16)17-14(18-12)15(3)7-21-8-15/h5H,1,7-8H2,2-4H3,(H,17,18)/b10-5+. The quantitative estimate of drug-likeness (QED) is 0.517. The number of nitrogens with one attached hydrogen (secondary N) is 1. The van der Waals surface area contributed by atoms with Gasteiger partial charge in [-0.1, -0.05) is 6.58 Å². The number of esters is 1. The van der Waals surface area contributed by atoms with Crippen molar-refractivity contribution in [2.45, 2.75) is 19.3 Å². The molecule has 0 radical (unpaired) electrons. The molecule has 1 N–H and O–H groups in total. The van der Waals surface area contributed by atoms with Gasteiger partial charge < -0.3 is 14.5 Å². The predicted octanol–water partition coefficient (Wildman–Crippen LogP) is 1.70. The topological polar surface area (TPSA) is 88.0 Å². The van der Waals surface area contributed by atoms with Crippen LogP contribution >= 0.6 is 0 Å². The molecule has 2 rings (SSSR count). The van der Waals surface area contributed by atoms with Gasteiger partial charge in [0, 0.05) is 5.57 Å². The van der Waals surface area contributed by atoms with E-state index in [-0.39, 0.29) is 11.1 Å². The minimum absolute atomic E-state index is 0.203. The minimum atomic E-state index is -0.436. The first-order chi connectivity index (χ1) is 9.91. The normalized spacial score (nSPS) is 16.8. The second-order valence-corrected chi connectivity index (χ2v) is 5.32. The van der Waals surface area contributed by atoms with Crippen LogP contribution in [0.2, 0.25) is 0 Å². The SMILES string of the molecule is C=C(/C=C(\C)C(=O)OC)c1[nH]c(C2(C)COC2)nc1C#N. The summed E-state index contributed by atoms with van der Waals surface area (Å²) in [5, 5.41) is 9.21. The third-order valence-corrected chi connectivity index (χ3v) is 3.44. The highest BCUT2D eigenvalue weighted by molar-refractivity contribution is 5.91. The lowest BCUT2D eigenvalue weighted by Gasteiger charge is -2.35. The average Bonchev–Trinajstić information content (AvgIpc) is 2.88. The van der Waals surface area contributed by atoms with Gasteiger partial charge in [-0.2, -0.15) is 5.26 Å². The van der Waals surface area contributed by atoms with Gasteiger partial charge in [-0.15, -0.1) is 0 Å². The molecule has 1 saturated heterocycles. The van der Waals surface area contributed by atoms with Crippen LogP contribution in [0.4, 0.5) is 0 Å². The lowest BCUT2D eigenvalue weighted by molar-refractivity contribution is -0.136. The summed E-state index contributed by atoms with van der Waals surface area (Å²) in [6.07, 6.45) is 1.57. The van der Waals surface area contributed by atoms with E-state index >= 15 is 0 Å². The van der Waals surface area contributed by atoms with E-state index in [0.717, 1.165) is 0 Å². The van der Waals surface area contributed by atoms with E-state index in [1.165, 1.54) is 7.11 Å². The molecule has 2 heterocycles. The fourth-order valence-electron chi connectivity index (χ4n) is 2.07. The molecule has 6 nitrogen and oxygen atoms in total. The average molecular weight is 287 g/mol. The highest BCUT2D eigenvalue weighted by Crippen LogP contribution is 2.31. The van der Waals surface area contributed by atoms with Crippen LogP contribution in [0.1, 0.15) is 31.1 Å². The number of carbonyl (C=O) groups is 1. The molecule has 0 amide bonds. The summed E-state index contributed by atoms with van der Waals surface area (Å²) in [5.41, 5.74) is 1.49. The molecule has 21 heavy (non-hydrogen) atoms. The van der Waals surface area contributed by atoms with E-state index in [1.807, 2.05) is 13.0 Å². The van der Waals surface area contributed by atoms with E-state index in [0.29, 0.717) is 35.9 Å². The number of aromatic nitrogens is 2. The van der Waals surface area contributed by atoms with Gasteiger partial charge >= 0.3 is 5.97 Å². The Morgan fingerprint density at radius 2 is 2.29 bits per heavy atom. The van der Waals surface area contributed by atoms with Gasteiger partial charge in [-0.3, -0.25) is 0 Å². The molecule has 1 aromatic heterocycles. The Morgan fingerprint density at radius 3 is 2.76 bits per heavy atom.